The first-order valence-electron chi connectivity index (χ1n) is 8.48. The van der Waals surface area contributed by atoms with E-state index in [9.17, 15) is 0 Å². The molecule has 0 saturated carbocycles. The molecule has 1 fully saturated rings. The van der Waals surface area contributed by atoms with E-state index in [0.29, 0.717) is 11.6 Å². The Bertz CT molecular complexity index is 639. The summed E-state index contributed by atoms with van der Waals surface area (Å²) < 4.78 is 12.0. The zero-order chi connectivity index (χ0) is 16.8. The SMILES string of the molecule is CC1(Oc2ccccc2)CCN(CCOc2ccccc2Cl)CC1. The molecule has 0 unspecified atom stereocenters. The average molecular weight is 346 g/mol. The Kier molecular flexibility index (Phi) is 5.64. The largest absolute Gasteiger partial charge is 0.491 e. The smallest absolute Gasteiger partial charge is 0.137 e. The number of hydrogen-bond acceptors (Lipinski definition) is 3. The van der Waals surface area contributed by atoms with Gasteiger partial charge in [-0.1, -0.05) is 41.9 Å². The molecule has 1 aliphatic rings. The molecule has 1 saturated heterocycles. The number of rotatable bonds is 6. The summed E-state index contributed by atoms with van der Waals surface area (Å²) in [6.07, 6.45) is 2.04. The summed E-state index contributed by atoms with van der Waals surface area (Å²) in [6, 6.07) is 17.7. The van der Waals surface area contributed by atoms with Crippen molar-refractivity contribution in [3.63, 3.8) is 0 Å². The third-order valence-corrected chi connectivity index (χ3v) is 4.84. The van der Waals surface area contributed by atoms with E-state index < -0.39 is 0 Å². The van der Waals surface area contributed by atoms with E-state index in [0.717, 1.165) is 44.0 Å². The first kappa shape index (κ1) is 17.1. The zero-order valence-corrected chi connectivity index (χ0v) is 14.8. The Morgan fingerprint density at radius 1 is 1.00 bits per heavy atom. The number of piperidine rings is 1. The van der Waals surface area contributed by atoms with Crippen LogP contribution in [0, 0.1) is 0 Å². The van der Waals surface area contributed by atoms with Crippen molar-refractivity contribution >= 4 is 11.6 Å². The minimum absolute atomic E-state index is 0.0819. The molecule has 1 aliphatic heterocycles. The van der Waals surface area contributed by atoms with Crippen LogP contribution in [0.4, 0.5) is 0 Å². The monoisotopic (exact) mass is 345 g/mol. The van der Waals surface area contributed by atoms with E-state index in [1.165, 1.54) is 0 Å². The molecule has 0 aromatic heterocycles. The molecule has 4 heteroatoms. The Morgan fingerprint density at radius 2 is 1.67 bits per heavy atom. The molecule has 2 aromatic rings. The first-order valence-corrected chi connectivity index (χ1v) is 8.86. The maximum Gasteiger partial charge on any atom is 0.137 e. The van der Waals surface area contributed by atoms with Gasteiger partial charge < -0.3 is 9.47 Å². The van der Waals surface area contributed by atoms with Crippen molar-refractivity contribution in [3.05, 3.63) is 59.6 Å². The van der Waals surface area contributed by atoms with Gasteiger partial charge in [0.2, 0.25) is 0 Å². The number of nitrogens with zero attached hydrogens (tertiary/aromatic N) is 1. The summed E-state index contributed by atoms with van der Waals surface area (Å²) in [5.41, 5.74) is -0.0819. The number of likely N-dealkylation sites (tertiary alicyclic amines) is 1. The van der Waals surface area contributed by atoms with Crippen LogP contribution in [-0.4, -0.2) is 36.7 Å². The van der Waals surface area contributed by atoms with Gasteiger partial charge in [0.25, 0.3) is 0 Å². The fraction of sp³-hybridized carbons (Fsp3) is 0.400. The molecule has 128 valence electrons. The van der Waals surface area contributed by atoms with E-state index in [4.69, 9.17) is 21.1 Å². The van der Waals surface area contributed by atoms with Gasteiger partial charge in [0.05, 0.1) is 5.02 Å². The van der Waals surface area contributed by atoms with Gasteiger partial charge >= 0.3 is 0 Å². The summed E-state index contributed by atoms with van der Waals surface area (Å²) >= 11 is 6.11. The lowest BCUT2D eigenvalue weighted by Crippen LogP contribution is -2.47. The molecule has 0 bridgehead atoms. The highest BCUT2D eigenvalue weighted by Gasteiger charge is 2.31. The fourth-order valence-corrected chi connectivity index (χ4v) is 3.16. The Labute approximate surface area is 149 Å². The summed E-state index contributed by atoms with van der Waals surface area (Å²) in [5, 5.41) is 0.667. The second kappa shape index (κ2) is 7.91. The van der Waals surface area contributed by atoms with E-state index in [2.05, 4.69) is 11.8 Å². The van der Waals surface area contributed by atoms with E-state index in [1.54, 1.807) is 0 Å². The summed E-state index contributed by atoms with van der Waals surface area (Å²) in [4.78, 5) is 2.42. The number of para-hydroxylation sites is 2. The summed E-state index contributed by atoms with van der Waals surface area (Å²) in [7, 11) is 0. The molecule has 0 radical (unpaired) electrons. The second-order valence-corrected chi connectivity index (χ2v) is 6.89. The van der Waals surface area contributed by atoms with Crippen molar-refractivity contribution in [2.75, 3.05) is 26.2 Å². The van der Waals surface area contributed by atoms with Crippen molar-refractivity contribution < 1.29 is 9.47 Å². The van der Waals surface area contributed by atoms with Gasteiger partial charge in [0.1, 0.15) is 23.7 Å². The van der Waals surface area contributed by atoms with Crippen LogP contribution >= 0.6 is 11.6 Å². The summed E-state index contributed by atoms with van der Waals surface area (Å²) in [5.74, 6) is 1.71. The predicted molar refractivity (Wildman–Crippen MR) is 98.1 cm³/mol. The van der Waals surface area contributed by atoms with Crippen LogP contribution in [0.15, 0.2) is 54.6 Å². The van der Waals surface area contributed by atoms with Crippen molar-refractivity contribution in [1.82, 2.24) is 4.90 Å². The third kappa shape index (κ3) is 4.65. The number of benzene rings is 2. The van der Waals surface area contributed by atoms with Crippen LogP contribution in [0.2, 0.25) is 5.02 Å². The minimum Gasteiger partial charge on any atom is -0.491 e. The highest BCUT2D eigenvalue weighted by atomic mass is 35.5. The maximum atomic E-state index is 6.21. The Balaban J connectivity index is 1.43. The van der Waals surface area contributed by atoms with E-state index in [-0.39, 0.29) is 5.60 Å². The number of hydrogen-bond donors (Lipinski definition) is 0. The van der Waals surface area contributed by atoms with E-state index in [1.807, 2.05) is 54.6 Å². The average Bonchev–Trinajstić information content (AvgIpc) is 2.59. The van der Waals surface area contributed by atoms with Crippen molar-refractivity contribution in [2.45, 2.75) is 25.4 Å². The molecule has 0 N–H and O–H groups in total. The topological polar surface area (TPSA) is 21.7 Å². The van der Waals surface area contributed by atoms with Gasteiger partial charge in [-0.25, -0.2) is 0 Å². The molecule has 3 rings (SSSR count). The Morgan fingerprint density at radius 3 is 2.38 bits per heavy atom. The van der Waals surface area contributed by atoms with Gasteiger partial charge in [-0.15, -0.1) is 0 Å². The molecule has 0 aliphatic carbocycles. The van der Waals surface area contributed by atoms with Crippen LogP contribution in [-0.2, 0) is 0 Å². The quantitative estimate of drug-likeness (QED) is 0.760. The van der Waals surface area contributed by atoms with E-state index >= 15 is 0 Å². The molecule has 0 spiro atoms. The first-order chi connectivity index (χ1) is 11.6. The van der Waals surface area contributed by atoms with Crippen molar-refractivity contribution in [1.29, 1.82) is 0 Å². The van der Waals surface area contributed by atoms with Gasteiger partial charge in [-0.05, 0) is 44.0 Å². The lowest BCUT2D eigenvalue weighted by molar-refractivity contribution is 0.0136. The number of ether oxygens (including phenoxy) is 2. The third-order valence-electron chi connectivity index (χ3n) is 4.52. The van der Waals surface area contributed by atoms with Crippen LogP contribution in [0.5, 0.6) is 11.5 Å². The van der Waals surface area contributed by atoms with Crippen molar-refractivity contribution in [3.8, 4) is 11.5 Å². The highest BCUT2D eigenvalue weighted by molar-refractivity contribution is 6.32. The maximum absolute atomic E-state index is 6.21. The summed E-state index contributed by atoms with van der Waals surface area (Å²) in [6.45, 7) is 5.81. The lowest BCUT2D eigenvalue weighted by atomic mass is 9.93. The molecular weight excluding hydrogens is 322 g/mol. The normalized spacial score (nSPS) is 17.4. The Hall–Kier alpha value is -1.71. The molecule has 1 heterocycles. The zero-order valence-electron chi connectivity index (χ0n) is 14.1. The number of halogens is 1. The van der Waals surface area contributed by atoms with Gasteiger partial charge in [-0.3, -0.25) is 4.90 Å². The second-order valence-electron chi connectivity index (χ2n) is 6.49. The van der Waals surface area contributed by atoms with Crippen LogP contribution in [0.3, 0.4) is 0 Å². The van der Waals surface area contributed by atoms with Crippen molar-refractivity contribution in [2.24, 2.45) is 0 Å². The molecule has 24 heavy (non-hydrogen) atoms. The molecular formula is C20H24ClNO2. The van der Waals surface area contributed by atoms with Crippen LogP contribution < -0.4 is 9.47 Å². The molecule has 2 aromatic carbocycles. The lowest BCUT2D eigenvalue weighted by Gasteiger charge is -2.39. The fourth-order valence-electron chi connectivity index (χ4n) is 2.97. The minimum atomic E-state index is -0.0819. The van der Waals surface area contributed by atoms with Gasteiger partial charge in [0, 0.05) is 19.6 Å². The standard InChI is InChI=1S/C20H24ClNO2/c1-20(24-17-7-3-2-4-8-17)11-13-22(14-12-20)15-16-23-19-10-6-5-9-18(19)21/h2-10H,11-16H2,1H3. The highest BCUT2D eigenvalue weighted by Crippen LogP contribution is 2.28. The molecule has 0 atom stereocenters. The van der Waals surface area contributed by atoms with Crippen LogP contribution in [0.1, 0.15) is 19.8 Å². The molecule has 0 amide bonds. The van der Waals surface area contributed by atoms with Crippen LogP contribution in [0.25, 0.3) is 0 Å². The van der Waals surface area contributed by atoms with Gasteiger partial charge in [-0.2, -0.15) is 0 Å². The predicted octanol–water partition coefficient (Wildman–Crippen LogP) is 4.65. The molecule has 3 nitrogen and oxygen atoms in total. The van der Waals surface area contributed by atoms with Gasteiger partial charge in [0.15, 0.2) is 0 Å².